The Morgan fingerprint density at radius 1 is 1.12 bits per heavy atom. The van der Waals surface area contributed by atoms with Gasteiger partial charge >= 0.3 is 0 Å². The van der Waals surface area contributed by atoms with Crippen LogP contribution in [0.2, 0.25) is 0 Å². The number of hydrogen-bond acceptors (Lipinski definition) is 5. The first-order valence-corrected chi connectivity index (χ1v) is 10.6. The van der Waals surface area contributed by atoms with Crippen LogP contribution in [0.1, 0.15) is 26.3 Å². The van der Waals surface area contributed by atoms with E-state index < -0.39 is 5.91 Å². The first-order chi connectivity index (χ1) is 16.1. The van der Waals surface area contributed by atoms with E-state index in [9.17, 15) is 14.4 Å². The minimum Gasteiger partial charge on any atom is -0.495 e. The second-order valence-electron chi connectivity index (χ2n) is 8.50. The Kier molecular flexibility index (Phi) is 5.75. The molecular formula is C26H26N4O4. The van der Waals surface area contributed by atoms with Gasteiger partial charge in [-0.1, -0.05) is 24.8 Å². The number of fused-ring (bicyclic) bond motifs is 3. The molecule has 4 rings (SSSR count). The number of hydrogen-bond donors (Lipinski definition) is 2. The fourth-order valence-corrected chi connectivity index (χ4v) is 4.18. The maximum Gasteiger partial charge on any atom is 0.255 e. The zero-order valence-electron chi connectivity index (χ0n) is 19.3. The summed E-state index contributed by atoms with van der Waals surface area (Å²) in [5.41, 5.74) is 15.4. The number of nitrogens with two attached hydrogens (primary N) is 2. The third-order valence-corrected chi connectivity index (χ3v) is 6.06. The monoisotopic (exact) mass is 458 g/mol. The molecule has 8 nitrogen and oxygen atoms in total. The number of methoxy groups -OCH3 is 1. The number of carbonyl (C=O) groups is 3. The van der Waals surface area contributed by atoms with E-state index in [0.29, 0.717) is 23.4 Å². The molecule has 0 atom stereocenters. The highest BCUT2D eigenvalue weighted by atomic mass is 16.5. The molecule has 1 heterocycles. The Labute approximate surface area is 197 Å². The number of carbonyl (C=O) groups excluding carboxylic acids is 3. The zero-order valence-corrected chi connectivity index (χ0v) is 19.3. The summed E-state index contributed by atoms with van der Waals surface area (Å²) in [4.78, 5) is 40.0. The fourth-order valence-electron chi connectivity index (χ4n) is 4.18. The zero-order chi connectivity index (χ0) is 24.7. The first-order valence-electron chi connectivity index (χ1n) is 10.6. The molecule has 1 aliphatic rings. The maximum absolute atomic E-state index is 12.9. The SMILES string of the molecule is C=C(CN1Cc2c(ccc3ccc(-c4cc(OC)c(N)c(C(=O)N(C)C)c4)cc23)C1=O)C(N)=O. The number of amides is 3. The van der Waals surface area contributed by atoms with Gasteiger partial charge < -0.3 is 26.0 Å². The molecule has 3 aromatic rings. The summed E-state index contributed by atoms with van der Waals surface area (Å²) in [6.07, 6.45) is 0. The van der Waals surface area contributed by atoms with Crippen LogP contribution < -0.4 is 16.2 Å². The summed E-state index contributed by atoms with van der Waals surface area (Å²) in [7, 11) is 4.83. The molecule has 8 heteroatoms. The molecule has 3 aromatic carbocycles. The van der Waals surface area contributed by atoms with Crippen molar-refractivity contribution in [2.75, 3.05) is 33.5 Å². The quantitative estimate of drug-likeness (QED) is 0.435. The topological polar surface area (TPSA) is 119 Å². The number of nitrogens with zero attached hydrogens (tertiary/aromatic N) is 2. The van der Waals surface area contributed by atoms with E-state index in [1.807, 2.05) is 24.3 Å². The van der Waals surface area contributed by atoms with Crippen LogP contribution in [-0.4, -0.2) is 55.3 Å². The van der Waals surface area contributed by atoms with Crippen molar-refractivity contribution in [1.82, 2.24) is 9.80 Å². The molecule has 0 fully saturated rings. The van der Waals surface area contributed by atoms with Gasteiger partial charge in [-0.25, -0.2) is 0 Å². The van der Waals surface area contributed by atoms with Crippen molar-refractivity contribution in [2.24, 2.45) is 5.73 Å². The Morgan fingerprint density at radius 2 is 1.82 bits per heavy atom. The molecule has 0 saturated carbocycles. The van der Waals surface area contributed by atoms with Crippen molar-refractivity contribution >= 4 is 34.2 Å². The van der Waals surface area contributed by atoms with Gasteiger partial charge in [0.1, 0.15) is 5.75 Å². The molecule has 1 aliphatic heterocycles. The van der Waals surface area contributed by atoms with E-state index in [0.717, 1.165) is 27.5 Å². The van der Waals surface area contributed by atoms with Crippen molar-refractivity contribution < 1.29 is 19.1 Å². The smallest absolute Gasteiger partial charge is 0.255 e. The standard InChI is InChI=1S/C26H26N4O4/c1-14(24(28)31)12-30-13-21-18(26(30)33)8-7-15-5-6-16(9-19(15)21)17-10-20(25(32)29(2)3)23(27)22(11-17)34-4/h5-11H,1,12-13,27H2,2-4H3,(H2,28,31). The van der Waals surface area contributed by atoms with Gasteiger partial charge in [0.2, 0.25) is 5.91 Å². The molecular weight excluding hydrogens is 432 g/mol. The Hall–Kier alpha value is -4.33. The van der Waals surface area contributed by atoms with Crippen LogP contribution in [0.3, 0.4) is 0 Å². The van der Waals surface area contributed by atoms with E-state index >= 15 is 0 Å². The fraction of sp³-hybridized carbons (Fsp3) is 0.192. The van der Waals surface area contributed by atoms with Gasteiger partial charge in [-0.05, 0) is 51.7 Å². The summed E-state index contributed by atoms with van der Waals surface area (Å²) < 4.78 is 5.43. The molecule has 174 valence electrons. The lowest BCUT2D eigenvalue weighted by Crippen LogP contribution is -2.30. The highest BCUT2D eigenvalue weighted by Gasteiger charge is 2.30. The Bertz CT molecular complexity index is 1380. The number of anilines is 1. The van der Waals surface area contributed by atoms with Crippen molar-refractivity contribution in [3.63, 3.8) is 0 Å². The Balaban J connectivity index is 1.81. The van der Waals surface area contributed by atoms with Gasteiger partial charge in [0, 0.05) is 31.8 Å². The molecule has 0 saturated heterocycles. The van der Waals surface area contributed by atoms with Crippen LogP contribution in [-0.2, 0) is 11.3 Å². The van der Waals surface area contributed by atoms with Crippen LogP contribution >= 0.6 is 0 Å². The highest BCUT2D eigenvalue weighted by molar-refractivity contribution is 6.06. The number of nitrogen functional groups attached to an aromatic ring is 1. The van der Waals surface area contributed by atoms with Crippen LogP contribution in [0.15, 0.2) is 54.6 Å². The van der Waals surface area contributed by atoms with Crippen LogP contribution in [0.4, 0.5) is 5.69 Å². The lowest BCUT2D eigenvalue weighted by atomic mass is 9.95. The maximum atomic E-state index is 12.9. The number of ether oxygens (including phenoxy) is 1. The molecule has 34 heavy (non-hydrogen) atoms. The van der Waals surface area contributed by atoms with E-state index in [-0.39, 0.29) is 29.6 Å². The number of primary amides is 1. The third-order valence-electron chi connectivity index (χ3n) is 6.06. The third kappa shape index (κ3) is 3.83. The molecule has 0 radical (unpaired) electrons. The van der Waals surface area contributed by atoms with Crippen LogP contribution in [0, 0.1) is 0 Å². The summed E-state index contributed by atoms with van der Waals surface area (Å²) in [6, 6.07) is 13.1. The Morgan fingerprint density at radius 3 is 2.47 bits per heavy atom. The highest BCUT2D eigenvalue weighted by Crippen LogP contribution is 2.37. The molecule has 0 aliphatic carbocycles. The van der Waals surface area contributed by atoms with Gasteiger partial charge in [0.25, 0.3) is 11.8 Å². The minimum atomic E-state index is -0.628. The van der Waals surface area contributed by atoms with Gasteiger partial charge in [-0.3, -0.25) is 14.4 Å². The van der Waals surface area contributed by atoms with E-state index in [4.69, 9.17) is 16.2 Å². The normalized spacial score (nSPS) is 12.6. The van der Waals surface area contributed by atoms with Gasteiger partial charge in [0.15, 0.2) is 0 Å². The van der Waals surface area contributed by atoms with Crippen molar-refractivity contribution in [3.8, 4) is 16.9 Å². The number of benzene rings is 3. The van der Waals surface area contributed by atoms with E-state index in [1.165, 1.54) is 12.0 Å². The summed E-state index contributed by atoms with van der Waals surface area (Å²) in [5, 5.41) is 1.88. The molecule has 0 aromatic heterocycles. The largest absolute Gasteiger partial charge is 0.495 e. The first kappa shape index (κ1) is 22.8. The van der Waals surface area contributed by atoms with Crippen molar-refractivity contribution in [1.29, 1.82) is 0 Å². The van der Waals surface area contributed by atoms with Gasteiger partial charge in [-0.15, -0.1) is 0 Å². The van der Waals surface area contributed by atoms with Crippen molar-refractivity contribution in [3.05, 3.63) is 71.3 Å². The lowest BCUT2D eigenvalue weighted by Gasteiger charge is -2.17. The van der Waals surface area contributed by atoms with Crippen molar-refractivity contribution in [2.45, 2.75) is 6.54 Å². The summed E-state index contributed by atoms with van der Waals surface area (Å²) >= 11 is 0. The molecule has 4 N–H and O–H groups in total. The molecule has 0 spiro atoms. The van der Waals surface area contributed by atoms with Gasteiger partial charge in [0.05, 0.1) is 24.9 Å². The van der Waals surface area contributed by atoms with Crippen LogP contribution in [0.5, 0.6) is 5.75 Å². The molecule has 0 bridgehead atoms. The molecule has 0 unspecified atom stereocenters. The average molecular weight is 459 g/mol. The second-order valence-corrected chi connectivity index (χ2v) is 8.50. The molecule has 3 amide bonds. The van der Waals surface area contributed by atoms with Gasteiger partial charge in [-0.2, -0.15) is 0 Å². The lowest BCUT2D eigenvalue weighted by molar-refractivity contribution is -0.114. The predicted molar refractivity (Wildman–Crippen MR) is 131 cm³/mol. The van der Waals surface area contributed by atoms with E-state index in [1.54, 1.807) is 37.2 Å². The van der Waals surface area contributed by atoms with E-state index in [2.05, 4.69) is 6.58 Å². The minimum absolute atomic E-state index is 0.0786. The van der Waals surface area contributed by atoms with Crippen LogP contribution in [0.25, 0.3) is 21.9 Å². The number of rotatable bonds is 6. The second kappa shape index (κ2) is 8.55. The summed E-state index contributed by atoms with van der Waals surface area (Å²) in [6.45, 7) is 4.09. The summed E-state index contributed by atoms with van der Waals surface area (Å²) in [5.74, 6) is -0.614. The average Bonchev–Trinajstić information content (AvgIpc) is 3.13. The predicted octanol–water partition coefficient (Wildman–Crippen LogP) is 2.80.